The van der Waals surface area contributed by atoms with Crippen molar-refractivity contribution in [3.8, 4) is 5.75 Å². The number of rotatable bonds is 11. The van der Waals surface area contributed by atoms with E-state index >= 15 is 0 Å². The predicted molar refractivity (Wildman–Crippen MR) is 160 cm³/mol. The average Bonchev–Trinajstić information content (AvgIpc) is 3.43. The molecule has 0 aromatic heterocycles. The van der Waals surface area contributed by atoms with Gasteiger partial charge in [0.15, 0.2) is 6.61 Å². The van der Waals surface area contributed by atoms with Gasteiger partial charge in [0.2, 0.25) is 5.91 Å². The number of nitrogens with one attached hydrogen (secondary N) is 1. The third-order valence-corrected chi connectivity index (χ3v) is 8.04. The van der Waals surface area contributed by atoms with E-state index in [9.17, 15) is 9.59 Å². The third kappa shape index (κ3) is 8.33. The minimum absolute atomic E-state index is 0.136. The van der Waals surface area contributed by atoms with Crippen LogP contribution in [0.1, 0.15) is 62.1 Å². The van der Waals surface area contributed by atoms with Crippen LogP contribution >= 0.6 is 27.5 Å². The van der Waals surface area contributed by atoms with E-state index in [1.807, 2.05) is 66.7 Å². The van der Waals surface area contributed by atoms with Gasteiger partial charge < -0.3 is 15.0 Å². The van der Waals surface area contributed by atoms with Crippen LogP contribution in [0.15, 0.2) is 77.3 Å². The van der Waals surface area contributed by atoms with Crippen molar-refractivity contribution in [2.45, 2.75) is 70.5 Å². The van der Waals surface area contributed by atoms with Crippen LogP contribution in [0.25, 0.3) is 0 Å². The van der Waals surface area contributed by atoms with Crippen molar-refractivity contribution in [1.29, 1.82) is 0 Å². The molecule has 2 amide bonds. The molecule has 1 aliphatic rings. The Morgan fingerprint density at radius 2 is 1.72 bits per heavy atom. The van der Waals surface area contributed by atoms with E-state index in [-0.39, 0.29) is 31.0 Å². The van der Waals surface area contributed by atoms with E-state index in [2.05, 4.69) is 35.1 Å². The van der Waals surface area contributed by atoms with E-state index in [1.165, 1.54) is 5.56 Å². The summed E-state index contributed by atoms with van der Waals surface area (Å²) in [5, 5.41) is 3.81. The molecule has 206 valence electrons. The summed E-state index contributed by atoms with van der Waals surface area (Å²) in [6.45, 7) is 4.31. The molecule has 1 atom stereocenters. The van der Waals surface area contributed by atoms with Gasteiger partial charge in [-0.15, -0.1) is 0 Å². The molecular weight excluding hydrogens is 576 g/mol. The summed E-state index contributed by atoms with van der Waals surface area (Å²) in [5.74, 6) is 0.564. The SMILES string of the molecule is CC(C)c1ccc(OCC(=O)N(Cc2cccc(Cl)c2)[C@@H](Cc2ccccc2)C(=O)NC2CCCC2)c(Br)c1. The molecule has 0 aliphatic heterocycles. The van der Waals surface area contributed by atoms with Gasteiger partial charge in [0.1, 0.15) is 11.8 Å². The van der Waals surface area contributed by atoms with Crippen molar-refractivity contribution in [1.82, 2.24) is 10.2 Å². The number of nitrogens with zero attached hydrogens (tertiary/aromatic N) is 1. The van der Waals surface area contributed by atoms with Crippen LogP contribution in [-0.2, 0) is 22.6 Å². The quantitative estimate of drug-likeness (QED) is 0.247. The van der Waals surface area contributed by atoms with Crippen molar-refractivity contribution < 1.29 is 14.3 Å². The molecule has 3 aromatic carbocycles. The molecule has 1 aliphatic carbocycles. The molecule has 0 heterocycles. The molecule has 1 N–H and O–H groups in total. The third-order valence-electron chi connectivity index (χ3n) is 7.19. The Balaban J connectivity index is 1.61. The molecule has 39 heavy (non-hydrogen) atoms. The molecule has 0 saturated heterocycles. The Bertz CT molecular complexity index is 1260. The maximum Gasteiger partial charge on any atom is 0.261 e. The van der Waals surface area contributed by atoms with Gasteiger partial charge in [-0.2, -0.15) is 0 Å². The molecule has 1 saturated carbocycles. The van der Waals surface area contributed by atoms with Crippen molar-refractivity contribution in [2.24, 2.45) is 0 Å². The largest absolute Gasteiger partial charge is 0.483 e. The Morgan fingerprint density at radius 1 is 1.00 bits per heavy atom. The first-order valence-corrected chi connectivity index (χ1v) is 14.8. The number of hydrogen-bond acceptors (Lipinski definition) is 3. The van der Waals surface area contributed by atoms with Crippen LogP contribution in [0.4, 0.5) is 0 Å². The molecule has 0 bridgehead atoms. The lowest BCUT2D eigenvalue weighted by Gasteiger charge is -2.32. The first-order valence-electron chi connectivity index (χ1n) is 13.6. The van der Waals surface area contributed by atoms with E-state index in [0.717, 1.165) is 41.3 Å². The second-order valence-corrected chi connectivity index (χ2v) is 11.8. The van der Waals surface area contributed by atoms with Gasteiger partial charge in [0.25, 0.3) is 5.91 Å². The smallest absolute Gasteiger partial charge is 0.261 e. The fraction of sp³-hybridized carbons (Fsp3) is 0.375. The van der Waals surface area contributed by atoms with Crippen molar-refractivity contribution in [3.05, 3.63) is 99.0 Å². The molecule has 0 unspecified atom stereocenters. The van der Waals surface area contributed by atoms with Gasteiger partial charge in [0, 0.05) is 24.0 Å². The number of carbonyl (C=O) groups is 2. The van der Waals surface area contributed by atoms with Crippen LogP contribution in [0, 0.1) is 0 Å². The Hall–Kier alpha value is -2.83. The lowest BCUT2D eigenvalue weighted by atomic mass is 10.0. The maximum absolute atomic E-state index is 13.8. The predicted octanol–water partition coefficient (Wildman–Crippen LogP) is 7.30. The Labute approximate surface area is 245 Å². The second kappa shape index (κ2) is 14.0. The number of amides is 2. The highest BCUT2D eigenvalue weighted by Gasteiger charge is 2.32. The highest BCUT2D eigenvalue weighted by Crippen LogP contribution is 2.29. The summed E-state index contributed by atoms with van der Waals surface area (Å²) in [4.78, 5) is 29.2. The van der Waals surface area contributed by atoms with Gasteiger partial charge >= 0.3 is 0 Å². The molecule has 1 fully saturated rings. The van der Waals surface area contributed by atoms with E-state index < -0.39 is 6.04 Å². The zero-order valence-corrected chi connectivity index (χ0v) is 24.9. The monoisotopic (exact) mass is 610 g/mol. The van der Waals surface area contributed by atoms with Crippen LogP contribution in [0.5, 0.6) is 5.75 Å². The van der Waals surface area contributed by atoms with Crippen molar-refractivity contribution in [2.75, 3.05) is 6.61 Å². The second-order valence-electron chi connectivity index (χ2n) is 10.5. The van der Waals surface area contributed by atoms with Crippen LogP contribution in [0.2, 0.25) is 5.02 Å². The topological polar surface area (TPSA) is 58.6 Å². The van der Waals surface area contributed by atoms with E-state index in [4.69, 9.17) is 16.3 Å². The summed E-state index contributed by atoms with van der Waals surface area (Å²) >= 11 is 9.85. The highest BCUT2D eigenvalue weighted by molar-refractivity contribution is 9.10. The number of benzene rings is 3. The van der Waals surface area contributed by atoms with Crippen LogP contribution in [0.3, 0.4) is 0 Å². The van der Waals surface area contributed by atoms with Gasteiger partial charge in [-0.05, 0) is 75.6 Å². The van der Waals surface area contributed by atoms with Crippen molar-refractivity contribution in [3.63, 3.8) is 0 Å². The fourth-order valence-corrected chi connectivity index (χ4v) is 5.69. The number of carbonyl (C=O) groups excluding carboxylic acids is 2. The fourth-order valence-electron chi connectivity index (χ4n) is 4.97. The zero-order chi connectivity index (χ0) is 27.8. The molecule has 0 radical (unpaired) electrons. The molecule has 3 aromatic rings. The van der Waals surface area contributed by atoms with E-state index in [0.29, 0.717) is 23.1 Å². The van der Waals surface area contributed by atoms with Gasteiger partial charge in [-0.25, -0.2) is 0 Å². The minimum atomic E-state index is -0.699. The van der Waals surface area contributed by atoms with Crippen LogP contribution < -0.4 is 10.1 Å². The van der Waals surface area contributed by atoms with Gasteiger partial charge in [-0.3, -0.25) is 9.59 Å². The zero-order valence-electron chi connectivity index (χ0n) is 22.5. The lowest BCUT2D eigenvalue weighted by molar-refractivity contribution is -0.143. The van der Waals surface area contributed by atoms with Crippen molar-refractivity contribution >= 4 is 39.3 Å². The maximum atomic E-state index is 13.8. The van der Waals surface area contributed by atoms with Gasteiger partial charge in [-0.1, -0.05) is 86.8 Å². The number of ether oxygens (including phenoxy) is 1. The summed E-state index contributed by atoms with van der Waals surface area (Å²) < 4.78 is 6.79. The molecule has 4 rings (SSSR count). The Kier molecular flexibility index (Phi) is 10.5. The summed E-state index contributed by atoms with van der Waals surface area (Å²) in [5.41, 5.74) is 3.01. The summed E-state index contributed by atoms with van der Waals surface area (Å²) in [6, 6.07) is 22.6. The molecule has 5 nitrogen and oxygen atoms in total. The summed E-state index contributed by atoms with van der Waals surface area (Å²) in [6.07, 6.45) is 4.55. The lowest BCUT2D eigenvalue weighted by Crippen LogP contribution is -2.53. The molecule has 7 heteroatoms. The normalized spacial score (nSPS) is 14.3. The number of halogens is 2. The number of hydrogen-bond donors (Lipinski definition) is 1. The van der Waals surface area contributed by atoms with Gasteiger partial charge in [0.05, 0.1) is 4.47 Å². The average molecular weight is 612 g/mol. The van der Waals surface area contributed by atoms with Crippen LogP contribution in [-0.4, -0.2) is 35.4 Å². The highest BCUT2D eigenvalue weighted by atomic mass is 79.9. The summed E-state index contributed by atoms with van der Waals surface area (Å²) in [7, 11) is 0. The first kappa shape index (κ1) is 29.2. The molecule has 0 spiro atoms. The first-order chi connectivity index (χ1) is 18.8. The van der Waals surface area contributed by atoms with E-state index in [1.54, 1.807) is 11.0 Å². The minimum Gasteiger partial charge on any atom is -0.483 e. The standard InChI is InChI=1S/C32H36BrClN2O3/c1-22(2)25-15-16-30(28(33)19-25)39-21-31(37)36(20-24-11-8-12-26(34)17-24)29(18-23-9-4-3-5-10-23)32(38)35-27-13-6-7-14-27/h3-5,8-12,15-17,19,22,27,29H,6-7,13-14,18,20-21H2,1-2H3,(H,35,38)/t29-/m0/s1. The Morgan fingerprint density at radius 3 is 2.38 bits per heavy atom. The molecular formula is C32H36BrClN2O3.